The Bertz CT molecular complexity index is 445. The summed E-state index contributed by atoms with van der Waals surface area (Å²) >= 11 is 6.32. The Labute approximate surface area is 101 Å². The van der Waals surface area contributed by atoms with Crippen LogP contribution in [-0.4, -0.2) is 14.7 Å². The first-order chi connectivity index (χ1) is 6.32. The van der Waals surface area contributed by atoms with Crippen molar-refractivity contribution in [2.45, 2.75) is 6.92 Å². The number of aryl methyl sites for hydroxylation is 1. The lowest BCUT2D eigenvalue weighted by atomic mass is 10.2. The monoisotopic (exact) mass is 341 g/mol. The second-order valence-electron chi connectivity index (χ2n) is 2.91. The average molecular weight is 343 g/mol. The summed E-state index contributed by atoms with van der Waals surface area (Å²) in [5, 5.41) is 0. The fourth-order valence-corrected chi connectivity index (χ4v) is 2.43. The molecule has 0 saturated carbocycles. The molecule has 0 aliphatic carbocycles. The van der Waals surface area contributed by atoms with Gasteiger partial charge in [-0.25, -0.2) is 11.7 Å². The molecule has 0 aliphatic heterocycles. The van der Waals surface area contributed by atoms with Gasteiger partial charge in [0, 0.05) is 4.47 Å². The number of anilines is 1. The Balaban J connectivity index is 3.21. The van der Waals surface area contributed by atoms with Gasteiger partial charge in [-0.15, -0.1) is 0 Å². The molecule has 1 rings (SSSR count). The quantitative estimate of drug-likeness (QED) is 0.775. The van der Waals surface area contributed by atoms with Crippen LogP contribution < -0.4 is 3.33 Å². The van der Waals surface area contributed by atoms with Gasteiger partial charge in [0.25, 0.3) is 0 Å². The third-order valence-electron chi connectivity index (χ3n) is 1.64. The largest absolute Gasteiger partial charge is 0.241 e. The minimum Gasteiger partial charge on any atom is -0.206 e. The third-order valence-corrected chi connectivity index (χ3v) is 4.87. The van der Waals surface area contributed by atoms with E-state index in [0.717, 1.165) is 19.6 Å². The lowest BCUT2D eigenvalue weighted by Crippen LogP contribution is -2.19. The second-order valence-corrected chi connectivity index (χ2v) is 6.83. The molecule has 0 aromatic heterocycles. The Kier molecular flexibility index (Phi) is 3.60. The van der Waals surface area contributed by atoms with Crippen LogP contribution in [0.25, 0.3) is 0 Å². The first-order valence-corrected chi connectivity index (χ1v) is 7.09. The molecule has 0 N–H and O–H groups in total. The predicted molar refractivity (Wildman–Crippen MR) is 65.1 cm³/mol. The van der Waals surface area contributed by atoms with Gasteiger partial charge in [0.05, 0.1) is 28.1 Å². The number of halogens is 2. The van der Waals surface area contributed by atoms with Crippen LogP contribution in [0.2, 0.25) is 0 Å². The van der Waals surface area contributed by atoms with Gasteiger partial charge in [-0.3, -0.25) is 0 Å². The van der Waals surface area contributed by atoms with Crippen molar-refractivity contribution in [1.29, 1.82) is 0 Å². The van der Waals surface area contributed by atoms with Crippen LogP contribution >= 0.6 is 32.1 Å². The highest BCUT2D eigenvalue weighted by molar-refractivity contribution is 9.11. The van der Waals surface area contributed by atoms with Crippen molar-refractivity contribution in [2.75, 3.05) is 9.59 Å². The van der Waals surface area contributed by atoms with E-state index < -0.39 is 10.0 Å². The molecule has 0 unspecified atom stereocenters. The van der Waals surface area contributed by atoms with Crippen molar-refractivity contribution < 1.29 is 8.42 Å². The van der Waals surface area contributed by atoms with E-state index >= 15 is 0 Å². The van der Waals surface area contributed by atoms with E-state index in [1.165, 1.54) is 0 Å². The molecule has 0 atom stereocenters. The Hall–Kier alpha value is -0.0700. The summed E-state index contributed by atoms with van der Waals surface area (Å²) in [5.41, 5.74) is 1.50. The summed E-state index contributed by atoms with van der Waals surface area (Å²) in [7, 11) is -3.26. The molecule has 0 bridgehead atoms. The van der Waals surface area contributed by atoms with Crippen molar-refractivity contribution in [3.05, 3.63) is 28.2 Å². The fourth-order valence-electron chi connectivity index (χ4n) is 0.995. The third kappa shape index (κ3) is 2.71. The SMILES string of the molecule is Cc1cc(Br)ccc1N(Br)S(C)(=O)=O. The van der Waals surface area contributed by atoms with Crippen molar-refractivity contribution >= 4 is 47.8 Å². The predicted octanol–water partition coefficient (Wildman–Crippen LogP) is 2.83. The van der Waals surface area contributed by atoms with E-state index in [2.05, 4.69) is 32.1 Å². The van der Waals surface area contributed by atoms with Gasteiger partial charge < -0.3 is 0 Å². The van der Waals surface area contributed by atoms with Gasteiger partial charge in [-0.05, 0) is 30.7 Å². The molecule has 1 aromatic carbocycles. The molecule has 78 valence electrons. The van der Waals surface area contributed by atoms with Gasteiger partial charge in [0.2, 0.25) is 10.0 Å². The topological polar surface area (TPSA) is 37.4 Å². The molecular formula is C8H9Br2NO2S. The first-order valence-electron chi connectivity index (χ1n) is 3.74. The summed E-state index contributed by atoms with van der Waals surface area (Å²) in [4.78, 5) is 0. The summed E-state index contributed by atoms with van der Waals surface area (Å²) in [5.74, 6) is 0. The summed E-state index contributed by atoms with van der Waals surface area (Å²) in [6.45, 7) is 1.85. The molecule has 0 radical (unpaired) electrons. The van der Waals surface area contributed by atoms with Crippen LogP contribution in [0.1, 0.15) is 5.56 Å². The maximum atomic E-state index is 11.2. The number of benzene rings is 1. The molecule has 0 amide bonds. The number of hydrogen-bond acceptors (Lipinski definition) is 2. The van der Waals surface area contributed by atoms with E-state index in [-0.39, 0.29) is 0 Å². The lowest BCUT2D eigenvalue weighted by molar-refractivity contribution is 0.604. The number of sulfonamides is 1. The van der Waals surface area contributed by atoms with Crippen LogP contribution in [0.3, 0.4) is 0 Å². The number of rotatable bonds is 2. The normalized spacial score (nSPS) is 11.4. The summed E-state index contributed by atoms with van der Waals surface area (Å²) in [6, 6.07) is 5.38. The molecule has 0 spiro atoms. The van der Waals surface area contributed by atoms with Gasteiger partial charge in [-0.1, -0.05) is 15.9 Å². The molecule has 0 heterocycles. The summed E-state index contributed by atoms with van der Waals surface area (Å²) in [6.07, 6.45) is 1.14. The van der Waals surface area contributed by atoms with E-state index in [0.29, 0.717) is 5.69 Å². The minimum absolute atomic E-state index is 0.621. The second kappa shape index (κ2) is 4.20. The van der Waals surface area contributed by atoms with Crippen LogP contribution in [0.5, 0.6) is 0 Å². The average Bonchev–Trinajstić information content (AvgIpc) is 2.01. The smallest absolute Gasteiger partial charge is 0.206 e. The van der Waals surface area contributed by atoms with Crippen molar-refractivity contribution in [3.8, 4) is 0 Å². The molecule has 1 aromatic rings. The Morgan fingerprint density at radius 2 is 1.93 bits per heavy atom. The van der Waals surface area contributed by atoms with Crippen LogP contribution in [-0.2, 0) is 10.0 Å². The van der Waals surface area contributed by atoms with Crippen LogP contribution in [0, 0.1) is 6.92 Å². The molecule has 14 heavy (non-hydrogen) atoms. The standard InChI is InChI=1S/C8H9Br2NO2S/c1-6-5-7(9)3-4-8(6)11(10)14(2,12)13/h3-5H,1-2H3. The molecule has 0 aliphatic rings. The number of nitrogens with zero attached hydrogens (tertiary/aromatic N) is 1. The maximum absolute atomic E-state index is 11.2. The summed E-state index contributed by atoms with van der Waals surface area (Å²) < 4.78 is 24.5. The van der Waals surface area contributed by atoms with Gasteiger partial charge in [0.15, 0.2) is 0 Å². The molecular weight excluding hydrogens is 334 g/mol. The van der Waals surface area contributed by atoms with Crippen molar-refractivity contribution in [1.82, 2.24) is 0 Å². The van der Waals surface area contributed by atoms with Gasteiger partial charge >= 0.3 is 0 Å². The van der Waals surface area contributed by atoms with E-state index in [9.17, 15) is 8.42 Å². The molecule has 6 heteroatoms. The minimum atomic E-state index is -3.26. The Morgan fingerprint density at radius 1 is 1.36 bits per heavy atom. The van der Waals surface area contributed by atoms with Gasteiger partial charge in [0.1, 0.15) is 0 Å². The molecule has 3 nitrogen and oxygen atoms in total. The first kappa shape index (κ1) is 12.0. The fraction of sp³-hybridized carbons (Fsp3) is 0.250. The Morgan fingerprint density at radius 3 is 2.36 bits per heavy atom. The van der Waals surface area contributed by atoms with Crippen LogP contribution in [0.4, 0.5) is 5.69 Å². The lowest BCUT2D eigenvalue weighted by Gasteiger charge is -2.16. The van der Waals surface area contributed by atoms with Crippen LogP contribution in [0.15, 0.2) is 22.7 Å². The highest BCUT2D eigenvalue weighted by atomic mass is 79.9. The van der Waals surface area contributed by atoms with Crippen molar-refractivity contribution in [3.63, 3.8) is 0 Å². The maximum Gasteiger partial charge on any atom is 0.241 e. The van der Waals surface area contributed by atoms with E-state index in [1.807, 2.05) is 13.0 Å². The van der Waals surface area contributed by atoms with Crippen molar-refractivity contribution in [2.24, 2.45) is 0 Å². The van der Waals surface area contributed by atoms with Gasteiger partial charge in [-0.2, -0.15) is 0 Å². The highest BCUT2D eigenvalue weighted by Crippen LogP contribution is 2.27. The van der Waals surface area contributed by atoms with E-state index in [4.69, 9.17) is 0 Å². The molecule has 0 saturated heterocycles. The number of hydrogen-bond donors (Lipinski definition) is 0. The molecule has 0 fully saturated rings. The highest BCUT2D eigenvalue weighted by Gasteiger charge is 2.15. The zero-order valence-corrected chi connectivity index (χ0v) is 11.6. The van der Waals surface area contributed by atoms with E-state index in [1.54, 1.807) is 12.1 Å². The zero-order chi connectivity index (χ0) is 10.9. The zero-order valence-electron chi connectivity index (χ0n) is 7.66.